The second-order valence-corrected chi connectivity index (χ2v) is 4.91. The van der Waals surface area contributed by atoms with Crippen LogP contribution >= 0.6 is 0 Å². The third-order valence-corrected chi connectivity index (χ3v) is 3.66. The smallest absolute Gasteiger partial charge is 0.0724 e. The molecule has 1 saturated carbocycles. The van der Waals surface area contributed by atoms with Crippen molar-refractivity contribution < 1.29 is 4.74 Å². The average Bonchev–Trinajstić information content (AvgIpc) is 2.33. The molecule has 2 rings (SSSR count). The van der Waals surface area contributed by atoms with Crippen LogP contribution in [0.2, 0.25) is 0 Å². The van der Waals surface area contributed by atoms with Crippen molar-refractivity contribution in [2.75, 3.05) is 13.1 Å². The van der Waals surface area contributed by atoms with Gasteiger partial charge >= 0.3 is 0 Å². The fraction of sp³-hybridized carbons (Fsp3) is 0.600. The number of benzene rings is 1. The molecule has 0 spiro atoms. The summed E-state index contributed by atoms with van der Waals surface area (Å²) in [5.41, 5.74) is 1.44. The van der Waals surface area contributed by atoms with E-state index in [1.165, 1.54) is 24.8 Å². The van der Waals surface area contributed by atoms with E-state index in [2.05, 4.69) is 36.5 Å². The van der Waals surface area contributed by atoms with Crippen LogP contribution in [0.15, 0.2) is 30.3 Å². The van der Waals surface area contributed by atoms with Crippen molar-refractivity contribution in [3.63, 3.8) is 0 Å². The van der Waals surface area contributed by atoms with Gasteiger partial charge in [0.2, 0.25) is 0 Å². The summed E-state index contributed by atoms with van der Waals surface area (Å²) in [5.74, 6) is 0. The van der Waals surface area contributed by atoms with E-state index in [0.29, 0.717) is 0 Å². The van der Waals surface area contributed by atoms with E-state index < -0.39 is 0 Å². The molecule has 0 saturated heterocycles. The van der Waals surface area contributed by atoms with Gasteiger partial charge in [0.1, 0.15) is 0 Å². The van der Waals surface area contributed by atoms with Gasteiger partial charge in [0, 0.05) is 0 Å². The molecule has 17 heavy (non-hydrogen) atoms. The zero-order valence-corrected chi connectivity index (χ0v) is 10.7. The van der Waals surface area contributed by atoms with Crippen molar-refractivity contribution in [3.05, 3.63) is 35.9 Å². The van der Waals surface area contributed by atoms with Crippen molar-refractivity contribution in [1.82, 2.24) is 5.32 Å². The van der Waals surface area contributed by atoms with Gasteiger partial charge < -0.3 is 10.1 Å². The molecule has 0 unspecified atom stereocenters. The van der Waals surface area contributed by atoms with E-state index in [1.807, 2.05) is 6.07 Å². The van der Waals surface area contributed by atoms with Crippen molar-refractivity contribution in [3.8, 4) is 0 Å². The summed E-state index contributed by atoms with van der Waals surface area (Å²) in [4.78, 5) is 0. The highest BCUT2D eigenvalue weighted by atomic mass is 16.5. The summed E-state index contributed by atoms with van der Waals surface area (Å²) in [6, 6.07) is 10.5. The predicted molar refractivity (Wildman–Crippen MR) is 71.0 cm³/mol. The van der Waals surface area contributed by atoms with Gasteiger partial charge in [0.15, 0.2) is 0 Å². The van der Waals surface area contributed by atoms with Crippen LogP contribution in [0.3, 0.4) is 0 Å². The highest BCUT2D eigenvalue weighted by molar-refractivity contribution is 5.13. The quantitative estimate of drug-likeness (QED) is 0.731. The molecule has 1 aliphatic rings. The molecule has 0 amide bonds. The number of hydrogen-bond acceptors (Lipinski definition) is 2. The minimum atomic E-state index is 0.165. The summed E-state index contributed by atoms with van der Waals surface area (Å²) < 4.78 is 6.16. The highest BCUT2D eigenvalue weighted by Crippen LogP contribution is 2.39. The average molecular weight is 233 g/mol. The van der Waals surface area contributed by atoms with Crippen LogP contribution in [0.1, 0.15) is 38.2 Å². The summed E-state index contributed by atoms with van der Waals surface area (Å²) >= 11 is 0. The minimum absolute atomic E-state index is 0.165. The van der Waals surface area contributed by atoms with Crippen LogP contribution in [-0.2, 0) is 11.3 Å². The molecule has 0 heterocycles. The zero-order valence-electron chi connectivity index (χ0n) is 10.7. The van der Waals surface area contributed by atoms with Crippen LogP contribution in [0, 0.1) is 0 Å². The SMILES string of the molecule is CCNCCC1(OCc2ccccc2)CCC1. The normalized spacial score (nSPS) is 17.7. The molecule has 94 valence electrons. The van der Waals surface area contributed by atoms with Crippen molar-refractivity contribution in [2.45, 2.75) is 44.8 Å². The molecule has 1 aliphatic carbocycles. The molecule has 1 fully saturated rings. The van der Waals surface area contributed by atoms with Crippen LogP contribution < -0.4 is 5.32 Å². The Balaban J connectivity index is 1.79. The van der Waals surface area contributed by atoms with Gasteiger partial charge in [-0.25, -0.2) is 0 Å². The maximum absolute atomic E-state index is 6.16. The Morgan fingerprint density at radius 1 is 1.24 bits per heavy atom. The topological polar surface area (TPSA) is 21.3 Å². The molecule has 2 heteroatoms. The zero-order chi connectivity index (χ0) is 12.0. The Hall–Kier alpha value is -0.860. The van der Waals surface area contributed by atoms with Gasteiger partial charge in [-0.2, -0.15) is 0 Å². The Labute approximate surface area is 104 Å². The predicted octanol–water partition coefficient (Wildman–Crippen LogP) is 3.13. The van der Waals surface area contributed by atoms with E-state index in [1.54, 1.807) is 0 Å². The first-order chi connectivity index (χ1) is 8.35. The van der Waals surface area contributed by atoms with Gasteiger partial charge in [0.05, 0.1) is 12.2 Å². The number of rotatable bonds is 7. The molecule has 0 bridgehead atoms. The molecule has 0 aromatic heterocycles. The largest absolute Gasteiger partial charge is 0.370 e. The first kappa shape index (κ1) is 12.6. The molecular weight excluding hydrogens is 210 g/mol. The van der Waals surface area contributed by atoms with Gasteiger partial charge in [-0.3, -0.25) is 0 Å². The Bertz CT molecular complexity index is 319. The van der Waals surface area contributed by atoms with Gasteiger partial charge in [-0.05, 0) is 44.3 Å². The first-order valence-corrected chi connectivity index (χ1v) is 6.73. The van der Waals surface area contributed by atoms with Crippen molar-refractivity contribution >= 4 is 0 Å². The maximum atomic E-state index is 6.16. The number of hydrogen-bond donors (Lipinski definition) is 1. The van der Waals surface area contributed by atoms with E-state index >= 15 is 0 Å². The summed E-state index contributed by atoms with van der Waals surface area (Å²) in [7, 11) is 0. The molecule has 1 aromatic rings. The van der Waals surface area contributed by atoms with Gasteiger partial charge in [-0.15, -0.1) is 0 Å². The van der Waals surface area contributed by atoms with Crippen molar-refractivity contribution in [1.29, 1.82) is 0 Å². The first-order valence-electron chi connectivity index (χ1n) is 6.73. The van der Waals surface area contributed by atoms with Gasteiger partial charge in [-0.1, -0.05) is 37.3 Å². The van der Waals surface area contributed by atoms with Crippen LogP contribution in [-0.4, -0.2) is 18.7 Å². The fourth-order valence-electron chi connectivity index (χ4n) is 2.34. The monoisotopic (exact) mass is 233 g/mol. The van der Waals surface area contributed by atoms with E-state index in [9.17, 15) is 0 Å². The molecule has 0 radical (unpaired) electrons. The van der Waals surface area contributed by atoms with Crippen LogP contribution in [0.4, 0.5) is 0 Å². The molecule has 2 nitrogen and oxygen atoms in total. The van der Waals surface area contributed by atoms with E-state index in [0.717, 1.165) is 26.1 Å². The third-order valence-electron chi connectivity index (χ3n) is 3.66. The molecule has 1 aromatic carbocycles. The standard InChI is InChI=1S/C15H23NO/c1-2-16-12-11-15(9-6-10-15)17-13-14-7-4-3-5-8-14/h3-5,7-8,16H,2,6,9-13H2,1H3. The Morgan fingerprint density at radius 2 is 2.00 bits per heavy atom. The fourth-order valence-corrected chi connectivity index (χ4v) is 2.34. The number of ether oxygens (including phenoxy) is 1. The van der Waals surface area contributed by atoms with E-state index in [4.69, 9.17) is 4.74 Å². The summed E-state index contributed by atoms with van der Waals surface area (Å²) in [5, 5.41) is 3.39. The molecular formula is C15H23NO. The maximum Gasteiger partial charge on any atom is 0.0724 e. The number of nitrogens with one attached hydrogen (secondary N) is 1. The molecule has 1 N–H and O–H groups in total. The van der Waals surface area contributed by atoms with Crippen LogP contribution in [0.25, 0.3) is 0 Å². The Kier molecular flexibility index (Phi) is 4.57. The Morgan fingerprint density at radius 3 is 2.59 bits per heavy atom. The second kappa shape index (κ2) is 6.18. The van der Waals surface area contributed by atoms with Gasteiger partial charge in [0.25, 0.3) is 0 Å². The lowest BCUT2D eigenvalue weighted by Gasteiger charge is -2.42. The van der Waals surface area contributed by atoms with E-state index in [-0.39, 0.29) is 5.60 Å². The molecule has 0 aliphatic heterocycles. The third kappa shape index (κ3) is 3.55. The van der Waals surface area contributed by atoms with Crippen molar-refractivity contribution in [2.24, 2.45) is 0 Å². The minimum Gasteiger partial charge on any atom is -0.370 e. The highest BCUT2D eigenvalue weighted by Gasteiger charge is 2.37. The van der Waals surface area contributed by atoms with Crippen LogP contribution in [0.5, 0.6) is 0 Å². The summed E-state index contributed by atoms with van der Waals surface area (Å²) in [6.45, 7) is 5.03. The lowest BCUT2D eigenvalue weighted by Crippen LogP contribution is -2.42. The lowest BCUT2D eigenvalue weighted by atomic mass is 9.77. The lowest BCUT2D eigenvalue weighted by molar-refractivity contribution is -0.113. The molecule has 0 atom stereocenters. The summed E-state index contributed by atoms with van der Waals surface area (Å²) in [6.07, 6.45) is 4.92. The second-order valence-electron chi connectivity index (χ2n) is 4.91.